The molecule has 0 unspecified atom stereocenters. The molecule has 0 spiro atoms. The lowest BCUT2D eigenvalue weighted by atomic mass is 10.1. The van der Waals surface area contributed by atoms with Crippen LogP contribution in [-0.2, 0) is 14.3 Å². The summed E-state index contributed by atoms with van der Waals surface area (Å²) >= 11 is 0. The smallest absolute Gasteiger partial charge is 0.224 e. The molecule has 6 heteroatoms. The number of carbonyl (C=O) groups is 2. The average molecular weight is 351 g/mol. The molecule has 142 valence electrons. The summed E-state index contributed by atoms with van der Waals surface area (Å²) in [5.41, 5.74) is 0. The van der Waals surface area contributed by atoms with E-state index >= 15 is 0 Å². The van der Waals surface area contributed by atoms with E-state index in [4.69, 9.17) is 4.74 Å². The van der Waals surface area contributed by atoms with Crippen LogP contribution in [0.5, 0.6) is 0 Å². The summed E-state index contributed by atoms with van der Waals surface area (Å²) in [6.07, 6.45) is 7.61. The molecule has 0 bridgehead atoms. The highest BCUT2D eigenvalue weighted by molar-refractivity contribution is 5.79. The van der Waals surface area contributed by atoms with E-state index in [0.29, 0.717) is 25.4 Å². The van der Waals surface area contributed by atoms with E-state index in [-0.39, 0.29) is 11.8 Å². The van der Waals surface area contributed by atoms with Crippen molar-refractivity contribution >= 4 is 11.8 Å². The molecule has 3 fully saturated rings. The monoisotopic (exact) mass is 351 g/mol. The van der Waals surface area contributed by atoms with Crippen molar-refractivity contribution in [2.45, 2.75) is 57.4 Å². The van der Waals surface area contributed by atoms with Crippen molar-refractivity contribution < 1.29 is 14.3 Å². The van der Waals surface area contributed by atoms with Gasteiger partial charge in [0.1, 0.15) is 0 Å². The highest BCUT2D eigenvalue weighted by atomic mass is 16.5. The maximum absolute atomic E-state index is 12.6. The Hall–Kier alpha value is -1.14. The van der Waals surface area contributed by atoms with Crippen LogP contribution in [0.3, 0.4) is 0 Å². The molecule has 0 aliphatic carbocycles. The minimum atomic E-state index is 0.214. The molecule has 3 heterocycles. The van der Waals surface area contributed by atoms with Gasteiger partial charge in [-0.3, -0.25) is 14.5 Å². The number of ether oxygens (including phenoxy) is 1. The first kappa shape index (κ1) is 18.6. The largest absolute Gasteiger partial charge is 0.381 e. The first-order valence-corrected chi connectivity index (χ1v) is 10.1. The molecule has 0 radical (unpaired) electrons. The van der Waals surface area contributed by atoms with E-state index in [1.807, 2.05) is 9.80 Å². The van der Waals surface area contributed by atoms with Gasteiger partial charge in [0.25, 0.3) is 0 Å². The van der Waals surface area contributed by atoms with E-state index < -0.39 is 0 Å². The normalized spacial score (nSPS) is 24.9. The topological polar surface area (TPSA) is 53.1 Å². The van der Waals surface area contributed by atoms with Gasteiger partial charge in [0, 0.05) is 71.4 Å². The zero-order valence-electron chi connectivity index (χ0n) is 15.5. The summed E-state index contributed by atoms with van der Waals surface area (Å²) in [6, 6.07) is 0.624. The highest BCUT2D eigenvalue weighted by Gasteiger charge is 2.26. The number of amides is 2. The minimum absolute atomic E-state index is 0.214. The van der Waals surface area contributed by atoms with E-state index in [1.165, 1.54) is 0 Å². The second-order valence-corrected chi connectivity index (χ2v) is 7.56. The molecule has 25 heavy (non-hydrogen) atoms. The van der Waals surface area contributed by atoms with Crippen LogP contribution in [0.4, 0.5) is 0 Å². The molecule has 6 nitrogen and oxygen atoms in total. The van der Waals surface area contributed by atoms with Crippen LogP contribution in [-0.4, -0.2) is 85.0 Å². The van der Waals surface area contributed by atoms with E-state index in [1.54, 1.807) is 0 Å². The van der Waals surface area contributed by atoms with Crippen LogP contribution >= 0.6 is 0 Å². The molecule has 3 saturated heterocycles. The first-order valence-electron chi connectivity index (χ1n) is 10.1. The van der Waals surface area contributed by atoms with Crippen molar-refractivity contribution in [3.8, 4) is 0 Å². The third-order valence-corrected chi connectivity index (χ3v) is 5.86. The van der Waals surface area contributed by atoms with Gasteiger partial charge < -0.3 is 14.5 Å². The van der Waals surface area contributed by atoms with Gasteiger partial charge in [-0.2, -0.15) is 0 Å². The fourth-order valence-corrected chi connectivity index (χ4v) is 4.27. The number of nitrogens with zero attached hydrogens (tertiary/aromatic N) is 3. The Labute approximate surface area is 151 Å². The molecule has 2 amide bonds. The molecule has 0 N–H and O–H groups in total. The number of carbonyl (C=O) groups excluding carboxylic acids is 2. The zero-order chi connectivity index (χ0) is 17.5. The summed E-state index contributed by atoms with van der Waals surface area (Å²) in [7, 11) is 0. The van der Waals surface area contributed by atoms with E-state index in [2.05, 4.69) is 4.90 Å². The number of hydrogen-bond donors (Lipinski definition) is 0. The lowest BCUT2D eigenvalue weighted by molar-refractivity contribution is -0.134. The van der Waals surface area contributed by atoms with Crippen LogP contribution in [0.15, 0.2) is 0 Å². The lowest BCUT2D eigenvalue weighted by Crippen LogP contribution is -2.42. The predicted molar refractivity (Wildman–Crippen MR) is 96.3 cm³/mol. The minimum Gasteiger partial charge on any atom is -0.381 e. The molecule has 3 aliphatic heterocycles. The molecular weight excluding hydrogens is 318 g/mol. The Morgan fingerprint density at radius 3 is 2.64 bits per heavy atom. The number of likely N-dealkylation sites (tertiary alicyclic amines) is 1. The molecular formula is C19H33N3O3. The summed E-state index contributed by atoms with van der Waals surface area (Å²) in [6.45, 7) is 6.89. The highest BCUT2D eigenvalue weighted by Crippen LogP contribution is 2.17. The summed E-state index contributed by atoms with van der Waals surface area (Å²) < 4.78 is 5.46. The van der Waals surface area contributed by atoms with Crippen molar-refractivity contribution in [2.75, 3.05) is 52.5 Å². The summed E-state index contributed by atoms with van der Waals surface area (Å²) in [4.78, 5) is 31.1. The van der Waals surface area contributed by atoms with Crippen molar-refractivity contribution in [2.24, 2.45) is 0 Å². The van der Waals surface area contributed by atoms with Gasteiger partial charge >= 0.3 is 0 Å². The molecule has 3 rings (SSSR count). The van der Waals surface area contributed by atoms with Crippen LogP contribution in [0.1, 0.15) is 51.4 Å². The van der Waals surface area contributed by atoms with Gasteiger partial charge in [-0.1, -0.05) is 6.42 Å². The maximum atomic E-state index is 12.6. The standard InChI is InChI=1S/C19H33N3O3/c23-18-5-2-1-3-9-21(18)12-6-19(24)22-11-4-10-20(13-14-22)17-7-15-25-16-8-17/h17H,1-16H2. The first-order chi connectivity index (χ1) is 12.2. The molecule has 0 saturated carbocycles. The van der Waals surface area contributed by atoms with Gasteiger partial charge in [-0.15, -0.1) is 0 Å². The maximum Gasteiger partial charge on any atom is 0.224 e. The zero-order valence-corrected chi connectivity index (χ0v) is 15.5. The molecule has 0 aromatic carbocycles. The van der Waals surface area contributed by atoms with Gasteiger partial charge in [-0.25, -0.2) is 0 Å². The third kappa shape index (κ3) is 5.42. The van der Waals surface area contributed by atoms with Gasteiger partial charge in [0.05, 0.1) is 0 Å². The van der Waals surface area contributed by atoms with Crippen LogP contribution in [0, 0.1) is 0 Å². The average Bonchev–Trinajstić information content (AvgIpc) is 3.01. The van der Waals surface area contributed by atoms with Crippen molar-refractivity contribution in [1.29, 1.82) is 0 Å². The number of hydrogen-bond acceptors (Lipinski definition) is 4. The SMILES string of the molecule is O=C1CCCCCN1CCC(=O)N1CCCN(C2CCOCC2)CC1. The summed E-state index contributed by atoms with van der Waals surface area (Å²) in [5.74, 6) is 0.442. The fourth-order valence-electron chi connectivity index (χ4n) is 4.27. The Morgan fingerprint density at radius 2 is 1.80 bits per heavy atom. The molecule has 0 atom stereocenters. The Morgan fingerprint density at radius 1 is 0.960 bits per heavy atom. The second-order valence-electron chi connectivity index (χ2n) is 7.56. The predicted octanol–water partition coefficient (Wildman–Crippen LogP) is 1.49. The van der Waals surface area contributed by atoms with Gasteiger partial charge in [0.2, 0.25) is 11.8 Å². The van der Waals surface area contributed by atoms with Crippen LogP contribution < -0.4 is 0 Å². The number of rotatable bonds is 4. The van der Waals surface area contributed by atoms with Crippen molar-refractivity contribution in [3.63, 3.8) is 0 Å². The van der Waals surface area contributed by atoms with Gasteiger partial charge in [0.15, 0.2) is 0 Å². The summed E-state index contributed by atoms with van der Waals surface area (Å²) in [5, 5.41) is 0. The van der Waals surface area contributed by atoms with Crippen LogP contribution in [0.25, 0.3) is 0 Å². The van der Waals surface area contributed by atoms with Crippen LogP contribution in [0.2, 0.25) is 0 Å². The Bertz CT molecular complexity index is 451. The molecule has 3 aliphatic rings. The van der Waals surface area contributed by atoms with E-state index in [0.717, 1.165) is 84.5 Å². The Kier molecular flexibility index (Phi) is 7.11. The van der Waals surface area contributed by atoms with Crippen molar-refractivity contribution in [3.05, 3.63) is 0 Å². The molecule has 0 aromatic rings. The quantitative estimate of drug-likeness (QED) is 0.770. The van der Waals surface area contributed by atoms with E-state index in [9.17, 15) is 9.59 Å². The third-order valence-electron chi connectivity index (χ3n) is 5.86. The van der Waals surface area contributed by atoms with Gasteiger partial charge in [-0.05, 0) is 32.1 Å². The lowest BCUT2D eigenvalue weighted by Gasteiger charge is -2.33. The Balaban J connectivity index is 1.43. The molecule has 0 aromatic heterocycles. The van der Waals surface area contributed by atoms with Crippen molar-refractivity contribution in [1.82, 2.24) is 14.7 Å². The second kappa shape index (κ2) is 9.53. The fraction of sp³-hybridized carbons (Fsp3) is 0.895.